The van der Waals surface area contributed by atoms with Gasteiger partial charge in [-0.05, 0) is 25.2 Å². The molecule has 0 aromatic rings. The van der Waals surface area contributed by atoms with Crippen LogP contribution < -0.4 is 0 Å². The van der Waals surface area contributed by atoms with Crippen LogP contribution in [-0.2, 0) is 9.59 Å². The first-order valence-corrected chi connectivity index (χ1v) is 7.53. The minimum atomic E-state index is -0.349. The molecule has 1 aliphatic carbocycles. The summed E-state index contributed by atoms with van der Waals surface area (Å²) in [6, 6.07) is 0. The maximum atomic E-state index is 12.7. The van der Waals surface area contributed by atoms with Crippen LogP contribution in [0.2, 0.25) is 0 Å². The highest BCUT2D eigenvalue weighted by atomic mass is 16.1. The number of hydrogen-bond donors (Lipinski definition) is 0. The number of rotatable bonds is 2. The van der Waals surface area contributed by atoms with Crippen LogP contribution in [0, 0.1) is 28.6 Å². The monoisotopic (exact) mass is 266 g/mol. The lowest BCUT2D eigenvalue weighted by Crippen LogP contribution is -2.43. The maximum absolute atomic E-state index is 12.7. The van der Waals surface area contributed by atoms with Crippen molar-refractivity contribution in [1.82, 2.24) is 0 Å². The van der Waals surface area contributed by atoms with Gasteiger partial charge in [0.1, 0.15) is 11.6 Å². The van der Waals surface area contributed by atoms with Gasteiger partial charge in [-0.15, -0.1) is 0 Å². The number of carbonyl (C=O) groups is 2. The van der Waals surface area contributed by atoms with E-state index in [2.05, 4.69) is 6.92 Å². The van der Waals surface area contributed by atoms with E-state index < -0.39 is 0 Å². The Morgan fingerprint density at radius 1 is 0.789 bits per heavy atom. The Hall–Kier alpha value is -0.660. The van der Waals surface area contributed by atoms with Gasteiger partial charge in [0.2, 0.25) is 0 Å². The third kappa shape index (κ3) is 3.90. The van der Waals surface area contributed by atoms with Gasteiger partial charge in [-0.2, -0.15) is 0 Å². The van der Waals surface area contributed by atoms with Gasteiger partial charge in [-0.3, -0.25) is 9.59 Å². The fraction of sp³-hybridized carbons (Fsp3) is 0.882. The molecule has 0 heterocycles. The molecule has 1 aliphatic rings. The largest absolute Gasteiger partial charge is 0.299 e. The molecule has 0 bridgehead atoms. The zero-order valence-corrected chi connectivity index (χ0v) is 13.7. The van der Waals surface area contributed by atoms with E-state index in [9.17, 15) is 9.59 Å². The lowest BCUT2D eigenvalue weighted by Gasteiger charge is -2.38. The third-order valence-electron chi connectivity index (χ3n) is 4.26. The average Bonchev–Trinajstić information content (AvgIpc) is 2.24. The van der Waals surface area contributed by atoms with Crippen LogP contribution >= 0.6 is 0 Å². The zero-order chi connectivity index (χ0) is 15.0. The van der Waals surface area contributed by atoms with E-state index in [4.69, 9.17) is 0 Å². The number of Topliss-reactive ketones (excluding diaryl/α,β-unsaturated/α-hetero) is 2. The highest BCUT2D eigenvalue weighted by molar-refractivity contribution is 5.94. The number of hydrogen-bond acceptors (Lipinski definition) is 2. The van der Waals surface area contributed by atoms with Crippen molar-refractivity contribution in [1.29, 1.82) is 0 Å². The topological polar surface area (TPSA) is 34.1 Å². The summed E-state index contributed by atoms with van der Waals surface area (Å²) >= 11 is 0. The Labute approximate surface area is 118 Å². The Morgan fingerprint density at radius 3 is 1.63 bits per heavy atom. The first-order valence-electron chi connectivity index (χ1n) is 7.53. The van der Waals surface area contributed by atoms with Gasteiger partial charge in [0.05, 0.1) is 0 Å². The fourth-order valence-electron chi connectivity index (χ4n) is 3.10. The van der Waals surface area contributed by atoms with E-state index >= 15 is 0 Å². The second-order valence-electron chi connectivity index (χ2n) is 8.36. The second kappa shape index (κ2) is 5.38. The Balaban J connectivity index is 3.01. The van der Waals surface area contributed by atoms with Gasteiger partial charge >= 0.3 is 0 Å². The Kier molecular flexibility index (Phi) is 4.64. The Morgan fingerprint density at radius 2 is 1.21 bits per heavy atom. The first-order chi connectivity index (χ1) is 8.44. The predicted octanol–water partition coefficient (Wildman–Crippen LogP) is 4.27. The summed E-state index contributed by atoms with van der Waals surface area (Å²) in [6.07, 6.45) is 2.83. The van der Waals surface area contributed by atoms with Crippen molar-refractivity contribution in [2.75, 3.05) is 0 Å². The fourth-order valence-corrected chi connectivity index (χ4v) is 3.10. The molecular formula is C17H30O2. The average molecular weight is 266 g/mol. The van der Waals surface area contributed by atoms with Gasteiger partial charge in [0, 0.05) is 22.7 Å². The van der Waals surface area contributed by atoms with Gasteiger partial charge in [0.15, 0.2) is 0 Å². The van der Waals surface area contributed by atoms with Crippen LogP contribution in [0.15, 0.2) is 0 Å². The van der Waals surface area contributed by atoms with Crippen molar-refractivity contribution in [2.45, 2.75) is 67.7 Å². The first kappa shape index (κ1) is 16.4. The van der Waals surface area contributed by atoms with Gasteiger partial charge in [-0.25, -0.2) is 0 Å². The molecule has 110 valence electrons. The number of carbonyl (C=O) groups excluding carboxylic acids is 2. The molecule has 1 rings (SSSR count). The van der Waals surface area contributed by atoms with Crippen LogP contribution in [0.25, 0.3) is 0 Å². The molecule has 0 aliphatic heterocycles. The second-order valence-corrected chi connectivity index (χ2v) is 8.36. The molecule has 0 spiro atoms. The highest BCUT2D eigenvalue weighted by Crippen LogP contribution is 2.41. The molecule has 2 nitrogen and oxygen atoms in total. The van der Waals surface area contributed by atoms with E-state index in [1.807, 2.05) is 41.5 Å². The van der Waals surface area contributed by atoms with Crippen LogP contribution in [0.5, 0.6) is 0 Å². The summed E-state index contributed by atoms with van der Waals surface area (Å²) in [6.45, 7) is 14.0. The van der Waals surface area contributed by atoms with Crippen molar-refractivity contribution in [3.05, 3.63) is 0 Å². The molecule has 0 N–H and O–H groups in total. The standard InChI is InChI=1S/C17H30O2/c1-11-8-9-12(14(18)16(2,3)4)13(10-11)15(19)17(5,6)7/h11-13H,8-10H2,1-7H3. The molecule has 0 amide bonds. The van der Waals surface area contributed by atoms with Crippen LogP contribution in [0.3, 0.4) is 0 Å². The summed E-state index contributed by atoms with van der Waals surface area (Å²) in [7, 11) is 0. The van der Waals surface area contributed by atoms with Crippen molar-refractivity contribution >= 4 is 11.6 Å². The van der Waals surface area contributed by atoms with Crippen molar-refractivity contribution in [3.8, 4) is 0 Å². The molecule has 0 radical (unpaired) electrons. The van der Waals surface area contributed by atoms with Crippen LogP contribution in [0.4, 0.5) is 0 Å². The lowest BCUT2D eigenvalue weighted by molar-refractivity contribution is -0.143. The smallest absolute Gasteiger partial charge is 0.141 e. The molecule has 3 atom stereocenters. The van der Waals surface area contributed by atoms with Crippen molar-refractivity contribution in [2.24, 2.45) is 28.6 Å². The lowest BCUT2D eigenvalue weighted by atomic mass is 9.64. The molecule has 1 saturated carbocycles. The summed E-state index contributed by atoms with van der Waals surface area (Å²) in [4.78, 5) is 25.3. The van der Waals surface area contributed by atoms with E-state index in [1.165, 1.54) is 0 Å². The highest BCUT2D eigenvalue weighted by Gasteiger charge is 2.43. The normalized spacial score (nSPS) is 29.1. The van der Waals surface area contributed by atoms with E-state index in [0.29, 0.717) is 5.92 Å². The van der Waals surface area contributed by atoms with Gasteiger partial charge in [0.25, 0.3) is 0 Å². The molecule has 19 heavy (non-hydrogen) atoms. The van der Waals surface area contributed by atoms with Crippen LogP contribution in [-0.4, -0.2) is 11.6 Å². The van der Waals surface area contributed by atoms with Crippen molar-refractivity contribution in [3.63, 3.8) is 0 Å². The SMILES string of the molecule is CC1CCC(C(=O)C(C)(C)C)C(C(=O)C(C)(C)C)C1. The molecule has 3 unspecified atom stereocenters. The quantitative estimate of drug-likeness (QED) is 0.748. The zero-order valence-electron chi connectivity index (χ0n) is 13.7. The summed E-state index contributed by atoms with van der Waals surface area (Å²) in [5.41, 5.74) is -0.695. The molecule has 0 aromatic heterocycles. The predicted molar refractivity (Wildman–Crippen MR) is 78.9 cm³/mol. The molecule has 1 fully saturated rings. The third-order valence-corrected chi connectivity index (χ3v) is 4.26. The van der Waals surface area contributed by atoms with E-state index in [1.54, 1.807) is 0 Å². The van der Waals surface area contributed by atoms with Gasteiger partial charge in [-0.1, -0.05) is 48.5 Å². The van der Waals surface area contributed by atoms with E-state index in [0.717, 1.165) is 19.3 Å². The molecular weight excluding hydrogens is 236 g/mol. The molecule has 0 aromatic carbocycles. The number of ketones is 2. The minimum absolute atomic E-state index is 0.0667. The summed E-state index contributed by atoms with van der Waals surface area (Å²) < 4.78 is 0. The van der Waals surface area contributed by atoms with Crippen molar-refractivity contribution < 1.29 is 9.59 Å². The van der Waals surface area contributed by atoms with E-state index in [-0.39, 0.29) is 34.2 Å². The van der Waals surface area contributed by atoms with Gasteiger partial charge < -0.3 is 0 Å². The molecule has 2 heteroatoms. The maximum Gasteiger partial charge on any atom is 0.141 e. The Bertz CT molecular complexity index is 354. The molecule has 0 saturated heterocycles. The van der Waals surface area contributed by atoms with Crippen LogP contribution in [0.1, 0.15) is 67.7 Å². The summed E-state index contributed by atoms with van der Waals surface area (Å²) in [5.74, 6) is 0.947. The summed E-state index contributed by atoms with van der Waals surface area (Å²) in [5, 5.41) is 0. The minimum Gasteiger partial charge on any atom is -0.299 e.